The van der Waals surface area contributed by atoms with Crippen molar-refractivity contribution in [1.29, 1.82) is 0 Å². The van der Waals surface area contributed by atoms with Crippen LogP contribution in [0.1, 0.15) is 33.0 Å². The first-order chi connectivity index (χ1) is 15.9. The van der Waals surface area contributed by atoms with Gasteiger partial charge in [0, 0.05) is 24.2 Å². The van der Waals surface area contributed by atoms with E-state index in [1.54, 1.807) is 25.1 Å². The van der Waals surface area contributed by atoms with Crippen molar-refractivity contribution in [3.63, 3.8) is 0 Å². The number of hydrogen-bond acceptors (Lipinski definition) is 4. The Kier molecular flexibility index (Phi) is 6.13. The van der Waals surface area contributed by atoms with Crippen LogP contribution in [0.3, 0.4) is 0 Å². The molecule has 0 spiro atoms. The average molecular weight is 444 g/mol. The van der Waals surface area contributed by atoms with Crippen LogP contribution in [0, 0.1) is 6.92 Å². The summed E-state index contributed by atoms with van der Waals surface area (Å²) in [5.74, 6) is -1.59. The molecule has 0 fully saturated rings. The number of hydrogen-bond donors (Lipinski definition) is 2. The van der Waals surface area contributed by atoms with Gasteiger partial charge in [-0.15, -0.1) is 0 Å². The highest BCUT2D eigenvalue weighted by molar-refractivity contribution is 5.99. The highest BCUT2D eigenvalue weighted by Gasteiger charge is 2.29. The second kappa shape index (κ2) is 9.16. The molecule has 4 rings (SSSR count). The number of nitrogens with zero attached hydrogens (tertiary/aromatic N) is 1. The normalized spacial score (nSPS) is 11.9. The number of carboxylic acids is 1. The van der Waals surface area contributed by atoms with E-state index in [0.29, 0.717) is 16.8 Å². The monoisotopic (exact) mass is 444 g/mol. The molecule has 0 saturated carbocycles. The summed E-state index contributed by atoms with van der Waals surface area (Å²) in [6.07, 6.45) is -0.622. The molecule has 7 nitrogen and oxygen atoms in total. The third kappa shape index (κ3) is 4.43. The number of rotatable bonds is 6. The van der Waals surface area contributed by atoms with E-state index in [1.165, 1.54) is 7.05 Å². The number of carbonyl (C=O) groups is 3. The van der Waals surface area contributed by atoms with Gasteiger partial charge in [0.05, 0.1) is 0 Å². The van der Waals surface area contributed by atoms with Gasteiger partial charge in [-0.1, -0.05) is 54.6 Å². The van der Waals surface area contributed by atoms with Crippen molar-refractivity contribution in [3.8, 4) is 11.1 Å². The first-order valence-electron chi connectivity index (χ1n) is 10.6. The molecule has 0 saturated heterocycles. The van der Waals surface area contributed by atoms with Crippen LogP contribution >= 0.6 is 0 Å². The molecule has 0 bridgehead atoms. The molecule has 0 atom stereocenters. The van der Waals surface area contributed by atoms with Crippen LogP contribution in [0.25, 0.3) is 11.1 Å². The minimum Gasteiger partial charge on any atom is -0.480 e. The lowest BCUT2D eigenvalue weighted by Crippen LogP contribution is -2.32. The molecule has 1 aliphatic rings. The molecule has 2 amide bonds. The fourth-order valence-electron chi connectivity index (χ4n) is 4.23. The topological polar surface area (TPSA) is 95.9 Å². The molecule has 3 aromatic carbocycles. The molecule has 3 aromatic rings. The van der Waals surface area contributed by atoms with Crippen LogP contribution in [0.2, 0.25) is 0 Å². The molecule has 0 aliphatic heterocycles. The molecule has 7 heteroatoms. The summed E-state index contributed by atoms with van der Waals surface area (Å²) in [5.41, 5.74) is 5.82. The van der Waals surface area contributed by atoms with Crippen molar-refractivity contribution < 1.29 is 24.2 Å². The summed E-state index contributed by atoms with van der Waals surface area (Å²) in [4.78, 5) is 37.2. The van der Waals surface area contributed by atoms with Crippen LogP contribution in [-0.4, -0.2) is 48.2 Å². The average Bonchev–Trinajstić information content (AvgIpc) is 3.12. The summed E-state index contributed by atoms with van der Waals surface area (Å²) in [6.45, 7) is 1.46. The molecular formula is C26H24N2O5. The van der Waals surface area contributed by atoms with Gasteiger partial charge in [-0.25, -0.2) is 4.79 Å². The molecule has 168 valence electrons. The van der Waals surface area contributed by atoms with E-state index in [1.807, 2.05) is 36.4 Å². The van der Waals surface area contributed by atoms with Gasteiger partial charge in [-0.05, 0) is 46.9 Å². The van der Waals surface area contributed by atoms with Gasteiger partial charge in [0.25, 0.3) is 5.91 Å². The van der Waals surface area contributed by atoms with Crippen molar-refractivity contribution in [1.82, 2.24) is 4.90 Å². The zero-order valence-electron chi connectivity index (χ0n) is 18.4. The van der Waals surface area contributed by atoms with Gasteiger partial charge < -0.3 is 14.7 Å². The molecule has 0 unspecified atom stereocenters. The first-order valence-corrected chi connectivity index (χ1v) is 10.6. The summed E-state index contributed by atoms with van der Waals surface area (Å²) in [7, 11) is 1.42. The maximum Gasteiger partial charge on any atom is 0.411 e. The summed E-state index contributed by atoms with van der Waals surface area (Å²) in [5, 5.41) is 11.6. The number of carboxylic acid groups (broad SMARTS) is 1. The second-order valence-electron chi connectivity index (χ2n) is 7.98. The number of nitrogens with one attached hydrogen (secondary N) is 1. The highest BCUT2D eigenvalue weighted by Crippen LogP contribution is 2.44. The van der Waals surface area contributed by atoms with Crippen molar-refractivity contribution in [2.75, 3.05) is 25.5 Å². The number of ether oxygens (including phenoxy) is 1. The molecule has 2 N–H and O–H groups in total. The predicted octanol–water partition coefficient (Wildman–Crippen LogP) is 4.51. The zero-order chi connectivity index (χ0) is 23.5. The van der Waals surface area contributed by atoms with Crippen molar-refractivity contribution >= 4 is 23.7 Å². The lowest BCUT2D eigenvalue weighted by atomic mass is 9.98. The third-order valence-electron chi connectivity index (χ3n) is 5.86. The van der Waals surface area contributed by atoms with Gasteiger partial charge in [0.1, 0.15) is 13.2 Å². The number of carbonyl (C=O) groups excluding carboxylic acids is 2. The van der Waals surface area contributed by atoms with Crippen molar-refractivity contribution in [2.45, 2.75) is 12.8 Å². The van der Waals surface area contributed by atoms with Gasteiger partial charge in [-0.2, -0.15) is 0 Å². The number of benzene rings is 3. The number of anilines is 1. The number of aliphatic carboxylic acids is 1. The molecular weight excluding hydrogens is 420 g/mol. The number of likely N-dealkylation sites (N-methyl/N-ethyl adjacent to an activating group) is 1. The van der Waals surface area contributed by atoms with E-state index in [-0.39, 0.29) is 12.5 Å². The second-order valence-corrected chi connectivity index (χ2v) is 7.98. The largest absolute Gasteiger partial charge is 0.480 e. The van der Waals surface area contributed by atoms with E-state index in [9.17, 15) is 14.4 Å². The quantitative estimate of drug-likeness (QED) is 0.583. The number of amides is 2. The van der Waals surface area contributed by atoms with Gasteiger partial charge in [0.15, 0.2) is 0 Å². The summed E-state index contributed by atoms with van der Waals surface area (Å²) < 4.78 is 5.58. The zero-order valence-corrected chi connectivity index (χ0v) is 18.4. The predicted molar refractivity (Wildman–Crippen MR) is 124 cm³/mol. The molecule has 0 heterocycles. The summed E-state index contributed by atoms with van der Waals surface area (Å²) >= 11 is 0. The van der Waals surface area contributed by atoms with E-state index in [4.69, 9.17) is 9.84 Å². The van der Waals surface area contributed by atoms with E-state index in [0.717, 1.165) is 27.2 Å². The Morgan fingerprint density at radius 2 is 1.55 bits per heavy atom. The van der Waals surface area contributed by atoms with Crippen LogP contribution in [0.15, 0.2) is 66.7 Å². The fraction of sp³-hybridized carbons (Fsp3) is 0.192. The third-order valence-corrected chi connectivity index (χ3v) is 5.86. The molecule has 1 aliphatic carbocycles. The standard InChI is InChI=1S/C26H24N2O5/c1-16-17(25(31)28(2)14-24(29)30)12-7-13-23(16)27-26(32)33-15-22-20-10-5-3-8-18(20)19-9-4-6-11-21(19)22/h3-13,22H,14-15H2,1-2H3,(H,27,32)(H,29,30). The van der Waals surface area contributed by atoms with E-state index >= 15 is 0 Å². The molecule has 0 aromatic heterocycles. The fourth-order valence-corrected chi connectivity index (χ4v) is 4.23. The minimum atomic E-state index is -1.10. The lowest BCUT2D eigenvalue weighted by Gasteiger charge is -2.18. The van der Waals surface area contributed by atoms with Crippen LogP contribution in [0.4, 0.5) is 10.5 Å². The van der Waals surface area contributed by atoms with Crippen LogP contribution in [-0.2, 0) is 9.53 Å². The minimum absolute atomic E-state index is 0.0539. The first kappa shape index (κ1) is 22.1. The van der Waals surface area contributed by atoms with Gasteiger partial charge >= 0.3 is 12.1 Å². The van der Waals surface area contributed by atoms with Crippen LogP contribution < -0.4 is 5.32 Å². The van der Waals surface area contributed by atoms with Crippen molar-refractivity contribution in [2.24, 2.45) is 0 Å². The van der Waals surface area contributed by atoms with Gasteiger partial charge in [-0.3, -0.25) is 14.9 Å². The Balaban J connectivity index is 1.46. The Hall–Kier alpha value is -4.13. The molecule has 33 heavy (non-hydrogen) atoms. The van der Waals surface area contributed by atoms with Crippen molar-refractivity contribution in [3.05, 3.63) is 89.0 Å². The van der Waals surface area contributed by atoms with Gasteiger partial charge in [0.2, 0.25) is 0 Å². The van der Waals surface area contributed by atoms with Crippen LogP contribution in [0.5, 0.6) is 0 Å². The maximum atomic E-state index is 12.6. The Morgan fingerprint density at radius 3 is 2.15 bits per heavy atom. The molecule has 0 radical (unpaired) electrons. The van der Waals surface area contributed by atoms with E-state index in [2.05, 4.69) is 17.4 Å². The Morgan fingerprint density at radius 1 is 0.939 bits per heavy atom. The maximum absolute atomic E-state index is 12.6. The number of fused-ring (bicyclic) bond motifs is 3. The highest BCUT2D eigenvalue weighted by atomic mass is 16.5. The SMILES string of the molecule is Cc1c(NC(=O)OCC2c3ccccc3-c3ccccc32)cccc1C(=O)N(C)CC(=O)O. The summed E-state index contributed by atoms with van der Waals surface area (Å²) in [6, 6.07) is 21.1. The Bertz CT molecular complexity index is 1190. The van der Waals surface area contributed by atoms with E-state index < -0.39 is 24.5 Å². The smallest absolute Gasteiger partial charge is 0.411 e. The Labute approximate surface area is 191 Å². The lowest BCUT2D eigenvalue weighted by molar-refractivity contribution is -0.137.